The lowest BCUT2D eigenvalue weighted by molar-refractivity contribution is -0.116. The number of aryl methyl sites for hydroxylation is 1. The Morgan fingerprint density at radius 3 is 2.95 bits per heavy atom. The van der Waals surface area contributed by atoms with Crippen molar-refractivity contribution in [2.75, 3.05) is 5.32 Å². The summed E-state index contributed by atoms with van der Waals surface area (Å²) in [6.45, 7) is 3.80. The molecule has 0 aromatic carbocycles. The molecule has 2 aromatic heterocycles. The van der Waals surface area contributed by atoms with Crippen LogP contribution in [-0.2, 0) is 4.79 Å². The standard InChI is InChI=1S/C12H17N5O2/c1-3-4-5-6-9(18)14-11-15-12-13-8(2)7-10(19)17(12)16-11/h7H,3-6H2,1-2H3,(H2,13,14,15,16,18). The second kappa shape index (κ2) is 5.64. The fraction of sp³-hybridized carbons (Fsp3) is 0.500. The molecular weight excluding hydrogens is 246 g/mol. The Hall–Kier alpha value is -2.18. The maximum atomic E-state index is 11.6. The van der Waals surface area contributed by atoms with Crippen molar-refractivity contribution in [3.63, 3.8) is 0 Å². The molecular formula is C12H17N5O2. The van der Waals surface area contributed by atoms with Gasteiger partial charge >= 0.3 is 0 Å². The third-order valence-corrected chi connectivity index (χ3v) is 2.72. The van der Waals surface area contributed by atoms with Crippen molar-refractivity contribution < 1.29 is 4.79 Å². The van der Waals surface area contributed by atoms with Crippen LogP contribution in [-0.4, -0.2) is 25.5 Å². The number of fused-ring (bicyclic) bond motifs is 1. The van der Waals surface area contributed by atoms with Gasteiger partial charge in [-0.15, -0.1) is 0 Å². The topological polar surface area (TPSA) is 92.2 Å². The van der Waals surface area contributed by atoms with E-state index in [0.717, 1.165) is 19.3 Å². The minimum absolute atomic E-state index is 0.114. The molecule has 7 heteroatoms. The Balaban J connectivity index is 2.11. The summed E-state index contributed by atoms with van der Waals surface area (Å²) in [5.74, 6) is 0.392. The Morgan fingerprint density at radius 2 is 2.21 bits per heavy atom. The van der Waals surface area contributed by atoms with Crippen LogP contribution >= 0.6 is 0 Å². The molecule has 0 fully saturated rings. The summed E-state index contributed by atoms with van der Waals surface area (Å²) in [7, 11) is 0. The van der Waals surface area contributed by atoms with Crippen LogP contribution in [0.15, 0.2) is 10.9 Å². The lowest BCUT2D eigenvalue weighted by Crippen LogP contribution is -2.15. The van der Waals surface area contributed by atoms with Crippen LogP contribution in [0.1, 0.15) is 38.3 Å². The fourth-order valence-corrected chi connectivity index (χ4v) is 1.78. The summed E-state index contributed by atoms with van der Waals surface area (Å²) >= 11 is 0. The van der Waals surface area contributed by atoms with Gasteiger partial charge in [-0.05, 0) is 13.3 Å². The summed E-state index contributed by atoms with van der Waals surface area (Å²) in [6, 6.07) is 1.40. The van der Waals surface area contributed by atoms with Crippen molar-refractivity contribution in [2.24, 2.45) is 0 Å². The number of hydrogen-bond donors (Lipinski definition) is 2. The van der Waals surface area contributed by atoms with Crippen LogP contribution < -0.4 is 10.9 Å². The number of aromatic amines is 1. The molecule has 1 amide bonds. The first-order valence-corrected chi connectivity index (χ1v) is 6.36. The molecule has 19 heavy (non-hydrogen) atoms. The number of unbranched alkanes of at least 4 members (excludes halogenated alkanes) is 2. The smallest absolute Gasteiger partial charge is 0.274 e. The second-order valence-electron chi connectivity index (χ2n) is 4.45. The van der Waals surface area contributed by atoms with Gasteiger partial charge in [0.05, 0.1) is 0 Å². The van der Waals surface area contributed by atoms with E-state index in [9.17, 15) is 9.59 Å². The van der Waals surface area contributed by atoms with Gasteiger partial charge in [0.1, 0.15) is 0 Å². The fourth-order valence-electron chi connectivity index (χ4n) is 1.78. The zero-order chi connectivity index (χ0) is 13.8. The molecule has 0 unspecified atom stereocenters. The van der Waals surface area contributed by atoms with Gasteiger partial charge < -0.3 is 0 Å². The molecule has 0 spiro atoms. The van der Waals surface area contributed by atoms with Gasteiger partial charge in [-0.3, -0.25) is 20.0 Å². The van der Waals surface area contributed by atoms with Crippen molar-refractivity contribution in [2.45, 2.75) is 39.5 Å². The van der Waals surface area contributed by atoms with E-state index in [1.165, 1.54) is 10.6 Å². The van der Waals surface area contributed by atoms with Gasteiger partial charge in [-0.2, -0.15) is 9.50 Å². The molecule has 0 aliphatic heterocycles. The van der Waals surface area contributed by atoms with Crippen molar-refractivity contribution in [3.8, 4) is 0 Å². The van der Waals surface area contributed by atoms with Gasteiger partial charge in [0.2, 0.25) is 11.9 Å². The largest absolute Gasteiger partial charge is 0.295 e. The minimum atomic E-state index is -0.249. The number of anilines is 1. The number of nitrogens with one attached hydrogen (secondary N) is 2. The molecule has 0 bridgehead atoms. The predicted molar refractivity (Wildman–Crippen MR) is 71.1 cm³/mol. The maximum Gasteiger partial charge on any atom is 0.274 e. The maximum absolute atomic E-state index is 11.6. The van der Waals surface area contributed by atoms with Gasteiger partial charge in [-0.1, -0.05) is 19.8 Å². The summed E-state index contributed by atoms with van der Waals surface area (Å²) in [6.07, 6.45) is 3.39. The van der Waals surface area contributed by atoms with Crippen LogP contribution in [0.4, 0.5) is 5.95 Å². The van der Waals surface area contributed by atoms with E-state index in [1.54, 1.807) is 6.92 Å². The number of rotatable bonds is 5. The molecule has 0 saturated heterocycles. The number of amides is 1. The summed E-state index contributed by atoms with van der Waals surface area (Å²) in [5, 5.41) is 5.34. The zero-order valence-corrected chi connectivity index (χ0v) is 11.1. The van der Waals surface area contributed by atoms with Crippen LogP contribution in [0.25, 0.3) is 5.78 Å². The lowest BCUT2D eigenvalue weighted by Gasteiger charge is -1.99. The number of nitrogens with zero attached hydrogens (tertiary/aromatic N) is 3. The van der Waals surface area contributed by atoms with E-state index in [0.29, 0.717) is 12.1 Å². The zero-order valence-electron chi connectivity index (χ0n) is 11.1. The lowest BCUT2D eigenvalue weighted by atomic mass is 10.2. The summed E-state index contributed by atoms with van der Waals surface area (Å²) in [5.41, 5.74) is 0.346. The average molecular weight is 263 g/mol. The van der Waals surface area contributed by atoms with Crippen LogP contribution in [0.5, 0.6) is 0 Å². The molecule has 2 N–H and O–H groups in total. The Morgan fingerprint density at radius 1 is 1.42 bits per heavy atom. The number of carbonyl (C=O) groups is 1. The van der Waals surface area contributed by atoms with E-state index in [4.69, 9.17) is 0 Å². The Kier molecular flexibility index (Phi) is 3.94. The highest BCUT2D eigenvalue weighted by molar-refractivity contribution is 5.88. The molecule has 0 atom stereocenters. The predicted octanol–water partition coefficient (Wildman–Crippen LogP) is 1.24. The summed E-state index contributed by atoms with van der Waals surface area (Å²) in [4.78, 5) is 31.5. The van der Waals surface area contributed by atoms with E-state index in [2.05, 4.69) is 27.3 Å². The molecule has 2 rings (SSSR count). The number of aromatic nitrogens is 4. The molecule has 102 valence electrons. The molecule has 0 aliphatic rings. The van der Waals surface area contributed by atoms with Gasteiger partial charge in [0.25, 0.3) is 11.3 Å². The first-order chi connectivity index (χ1) is 9.10. The quantitative estimate of drug-likeness (QED) is 0.794. The normalized spacial score (nSPS) is 10.8. The van der Waals surface area contributed by atoms with Gasteiger partial charge in [0, 0.05) is 18.2 Å². The SMILES string of the molecule is CCCCCC(=O)Nc1nc2nc(C)cc(=O)n2[nH]1. The van der Waals surface area contributed by atoms with Crippen molar-refractivity contribution >= 4 is 17.6 Å². The first-order valence-electron chi connectivity index (χ1n) is 6.36. The van der Waals surface area contributed by atoms with E-state index < -0.39 is 0 Å². The minimum Gasteiger partial charge on any atom is -0.295 e. The molecule has 2 aromatic rings. The van der Waals surface area contributed by atoms with Crippen LogP contribution in [0.2, 0.25) is 0 Å². The molecule has 2 heterocycles. The van der Waals surface area contributed by atoms with Crippen molar-refractivity contribution in [1.29, 1.82) is 0 Å². The number of hydrogen-bond acceptors (Lipinski definition) is 4. The molecule has 0 saturated carbocycles. The van der Waals surface area contributed by atoms with Crippen molar-refractivity contribution in [3.05, 3.63) is 22.1 Å². The monoisotopic (exact) mass is 263 g/mol. The second-order valence-corrected chi connectivity index (χ2v) is 4.45. The van der Waals surface area contributed by atoms with Gasteiger partial charge in [0.15, 0.2) is 0 Å². The van der Waals surface area contributed by atoms with Crippen molar-refractivity contribution in [1.82, 2.24) is 19.6 Å². The van der Waals surface area contributed by atoms with E-state index >= 15 is 0 Å². The van der Waals surface area contributed by atoms with E-state index in [1.807, 2.05) is 0 Å². The third kappa shape index (κ3) is 3.18. The van der Waals surface area contributed by atoms with E-state index in [-0.39, 0.29) is 23.2 Å². The van der Waals surface area contributed by atoms with Crippen LogP contribution in [0, 0.1) is 6.92 Å². The average Bonchev–Trinajstić information content (AvgIpc) is 2.72. The number of carbonyl (C=O) groups excluding carboxylic acids is 1. The Bertz CT molecular complexity index is 643. The van der Waals surface area contributed by atoms with Crippen LogP contribution in [0.3, 0.4) is 0 Å². The highest BCUT2D eigenvalue weighted by Crippen LogP contribution is 2.04. The van der Waals surface area contributed by atoms with Gasteiger partial charge in [-0.25, -0.2) is 4.98 Å². The highest BCUT2D eigenvalue weighted by Gasteiger charge is 2.09. The number of H-pyrrole nitrogens is 1. The Labute approximate surface area is 110 Å². The highest BCUT2D eigenvalue weighted by atomic mass is 16.2. The molecule has 0 aliphatic carbocycles. The third-order valence-electron chi connectivity index (χ3n) is 2.72. The molecule has 0 radical (unpaired) electrons. The first kappa shape index (κ1) is 13.3. The molecule has 7 nitrogen and oxygen atoms in total. The summed E-state index contributed by atoms with van der Waals surface area (Å²) < 4.78 is 1.20.